The fourth-order valence-electron chi connectivity index (χ4n) is 8.93. The number of aryl methyl sites for hydroxylation is 4. The predicted octanol–water partition coefficient (Wildman–Crippen LogP) is 13.9. The molecular formula is C56H52Br2O6S-2. The van der Waals surface area contributed by atoms with Crippen LogP contribution in [0, 0.1) is 35.1 Å². The molecule has 0 aromatic heterocycles. The molecule has 10 rings (SSSR count). The molecule has 2 aliphatic rings. The molecular weight excluding hydrogens is 960 g/mol. The van der Waals surface area contributed by atoms with E-state index in [1.54, 1.807) is 0 Å². The molecule has 2 atom stereocenters. The SMILES string of the molecule is CS(=O)(=O)O.Cc1cc(C2(c3ccccc3)c3ccccc3-c3ccc(Br)cc32)cc(C)c1O.Cc1cccc(C)c1O.OC1(c2ccccc2)c2ccccc2-c2ccc(Br)cc21.[2H-].[CH3-]. The van der Waals surface area contributed by atoms with Crippen LogP contribution in [0.15, 0.2) is 185 Å². The fraction of sp³-hybridized carbons (Fsp3) is 0.125. The number of aromatic hydroxyl groups is 2. The molecule has 0 amide bonds. The monoisotopic (exact) mass is 1010 g/mol. The van der Waals surface area contributed by atoms with Crippen molar-refractivity contribution in [2.75, 3.05) is 6.26 Å². The number of fused-ring (bicyclic) bond motifs is 6. The van der Waals surface area contributed by atoms with Gasteiger partial charge in [0, 0.05) is 20.1 Å². The average Bonchev–Trinajstić information content (AvgIpc) is 3.71. The van der Waals surface area contributed by atoms with Crippen molar-refractivity contribution in [3.05, 3.63) is 253 Å². The van der Waals surface area contributed by atoms with Gasteiger partial charge >= 0.3 is 0 Å². The van der Waals surface area contributed by atoms with Crippen molar-refractivity contribution in [3.63, 3.8) is 0 Å². The number of halogens is 2. The lowest BCUT2D eigenvalue weighted by Crippen LogP contribution is -2.28. The lowest BCUT2D eigenvalue weighted by molar-refractivity contribution is 0.130. The Hall–Kier alpha value is -5.81. The standard InChI is InChI=1S/C27H21BrO.C19H13BrO.C8H10O.CH4O3S.CH3.H/c1-17-14-20(15-18(2)26(17)29)27(19-8-4-3-5-9-19)24-11-7-6-10-22(24)23-13-12-21(28)16-25(23)27;20-14-10-11-16-15-8-4-5-9-17(15)19(21,18(16)12-14)13-6-2-1-3-7-13;1-6-4-3-5-7(2)8(6)9;1-5(2,3)4;;/h3-16,29H,1-2H3;1-12,21H;3-5,9H,1-2H3;1H3,(H,2,3,4);1H3;/q;;;;2*-1/i;;;;;1+1. The van der Waals surface area contributed by atoms with E-state index >= 15 is 0 Å². The molecule has 4 N–H and O–H groups in total. The van der Waals surface area contributed by atoms with Gasteiger partial charge in [0.05, 0.1) is 11.7 Å². The number of rotatable bonds is 3. The third kappa shape index (κ3) is 9.62. The molecule has 0 saturated heterocycles. The van der Waals surface area contributed by atoms with Gasteiger partial charge in [0.25, 0.3) is 10.1 Å². The van der Waals surface area contributed by atoms with Gasteiger partial charge in [-0.05, 0) is 124 Å². The minimum atomic E-state index is -3.67. The molecule has 6 nitrogen and oxygen atoms in total. The van der Waals surface area contributed by atoms with Gasteiger partial charge in [0.2, 0.25) is 0 Å². The Labute approximate surface area is 401 Å². The van der Waals surface area contributed by atoms with Crippen LogP contribution in [0.5, 0.6) is 11.5 Å². The minimum Gasteiger partial charge on any atom is -1.00 e. The molecule has 2 unspecified atom stereocenters. The van der Waals surface area contributed by atoms with Crippen LogP contribution in [-0.4, -0.2) is 34.5 Å². The van der Waals surface area contributed by atoms with Gasteiger partial charge < -0.3 is 24.2 Å². The number of hydrogen-bond acceptors (Lipinski definition) is 5. The summed E-state index contributed by atoms with van der Waals surface area (Å²) in [5.41, 5.74) is 14.6. The van der Waals surface area contributed by atoms with E-state index < -0.39 is 21.1 Å². The summed E-state index contributed by atoms with van der Waals surface area (Å²) in [4.78, 5) is 0. The summed E-state index contributed by atoms with van der Waals surface area (Å²) in [5, 5.41) is 31.2. The van der Waals surface area contributed by atoms with E-state index in [1.165, 1.54) is 33.4 Å². The highest BCUT2D eigenvalue weighted by molar-refractivity contribution is 9.10. The first kappa shape index (κ1) is 48.6. The van der Waals surface area contributed by atoms with E-state index in [4.69, 9.17) is 4.55 Å². The van der Waals surface area contributed by atoms with E-state index in [1.807, 2.05) is 107 Å². The van der Waals surface area contributed by atoms with Crippen LogP contribution in [0.3, 0.4) is 0 Å². The molecule has 9 heteroatoms. The van der Waals surface area contributed by atoms with Crippen molar-refractivity contribution in [2.24, 2.45) is 0 Å². The Balaban J connectivity index is 0.000000192. The molecule has 0 spiro atoms. The highest BCUT2D eigenvalue weighted by Crippen LogP contribution is 2.57. The molecule has 0 saturated carbocycles. The summed E-state index contributed by atoms with van der Waals surface area (Å²) < 4.78 is 27.9. The fourth-order valence-corrected chi connectivity index (χ4v) is 9.65. The van der Waals surface area contributed by atoms with E-state index in [-0.39, 0.29) is 8.85 Å². The first-order valence-electron chi connectivity index (χ1n) is 20.6. The van der Waals surface area contributed by atoms with Gasteiger partial charge in [-0.3, -0.25) is 4.55 Å². The van der Waals surface area contributed by atoms with Crippen LogP contribution in [0.2, 0.25) is 0 Å². The number of phenols is 2. The number of aliphatic hydroxyl groups is 1. The van der Waals surface area contributed by atoms with Gasteiger partial charge in [-0.2, -0.15) is 8.42 Å². The van der Waals surface area contributed by atoms with E-state index in [2.05, 4.69) is 129 Å². The first-order valence-corrected chi connectivity index (χ1v) is 24.0. The van der Waals surface area contributed by atoms with Crippen molar-refractivity contribution in [1.29, 1.82) is 0 Å². The van der Waals surface area contributed by atoms with Gasteiger partial charge in [-0.25, -0.2) is 0 Å². The quantitative estimate of drug-likeness (QED) is 0.104. The van der Waals surface area contributed by atoms with Crippen molar-refractivity contribution in [1.82, 2.24) is 0 Å². The molecule has 0 radical (unpaired) electrons. The van der Waals surface area contributed by atoms with Crippen LogP contribution in [-0.2, 0) is 21.1 Å². The van der Waals surface area contributed by atoms with E-state index in [0.717, 1.165) is 59.0 Å². The normalized spacial score (nSPS) is 16.0. The molecule has 0 bridgehead atoms. The summed E-state index contributed by atoms with van der Waals surface area (Å²) in [7, 11) is -3.67. The minimum absolute atomic E-state index is 0. The highest BCUT2D eigenvalue weighted by atomic mass is 79.9. The third-order valence-corrected chi connectivity index (χ3v) is 12.7. The van der Waals surface area contributed by atoms with Crippen LogP contribution in [0.4, 0.5) is 0 Å². The average molecular weight is 1010 g/mol. The third-order valence-electron chi connectivity index (χ3n) is 11.7. The van der Waals surface area contributed by atoms with Gasteiger partial charge in [-0.1, -0.05) is 184 Å². The molecule has 0 fully saturated rings. The van der Waals surface area contributed by atoms with Crippen LogP contribution >= 0.6 is 31.9 Å². The summed E-state index contributed by atoms with van der Waals surface area (Å²) in [6.45, 7) is 7.74. The first-order chi connectivity index (χ1) is 30.5. The van der Waals surface area contributed by atoms with Crippen LogP contribution in [0.1, 0.15) is 62.6 Å². The second-order valence-electron chi connectivity index (χ2n) is 16.1. The maximum Gasteiger partial charge on any atom is 0.261 e. The summed E-state index contributed by atoms with van der Waals surface area (Å²) in [6, 6.07) is 60.0. The maximum atomic E-state index is 11.6. The van der Waals surface area contributed by atoms with Crippen molar-refractivity contribution in [3.8, 4) is 33.8 Å². The molecule has 0 heterocycles. The zero-order valence-electron chi connectivity index (χ0n) is 38.0. The number of phenolic OH excluding ortho intramolecular Hbond substituents is 2. The molecule has 8 aromatic carbocycles. The lowest BCUT2D eigenvalue weighted by Gasteiger charge is -2.34. The maximum absolute atomic E-state index is 11.6. The zero-order valence-corrected chi connectivity index (χ0v) is 41.0. The number of hydrogen-bond donors (Lipinski definition) is 4. The Morgan fingerprint density at radius 2 is 0.831 bits per heavy atom. The highest BCUT2D eigenvalue weighted by Gasteiger charge is 2.46. The van der Waals surface area contributed by atoms with Crippen molar-refractivity contribution >= 4 is 42.0 Å². The summed E-state index contributed by atoms with van der Waals surface area (Å²) in [5.74, 6) is 0.787. The zero-order chi connectivity index (χ0) is 46.0. The largest absolute Gasteiger partial charge is 1.00 e. The predicted molar refractivity (Wildman–Crippen MR) is 273 cm³/mol. The van der Waals surface area contributed by atoms with Gasteiger partial charge in [0.15, 0.2) is 0 Å². The van der Waals surface area contributed by atoms with Crippen molar-refractivity contribution < 1.29 is 29.7 Å². The summed E-state index contributed by atoms with van der Waals surface area (Å²) in [6.07, 6.45) is 0.715. The van der Waals surface area contributed by atoms with E-state index in [0.29, 0.717) is 17.8 Å². The Morgan fingerprint density at radius 1 is 0.446 bits per heavy atom. The Bertz CT molecular complexity index is 3060. The van der Waals surface area contributed by atoms with E-state index in [9.17, 15) is 23.7 Å². The second kappa shape index (κ2) is 19.7. The Kier molecular flexibility index (Phi) is 14.8. The number of para-hydroxylation sites is 1. The Morgan fingerprint density at radius 3 is 1.34 bits per heavy atom. The molecule has 2 aliphatic carbocycles. The number of benzene rings is 8. The molecule has 334 valence electrons. The molecule has 8 aromatic rings. The van der Waals surface area contributed by atoms with Crippen LogP contribution < -0.4 is 0 Å². The smallest absolute Gasteiger partial charge is 0.261 e. The van der Waals surface area contributed by atoms with Gasteiger partial charge in [0.1, 0.15) is 17.1 Å². The molecule has 0 aliphatic heterocycles. The molecule has 65 heavy (non-hydrogen) atoms. The van der Waals surface area contributed by atoms with Gasteiger partial charge in [-0.15, -0.1) is 0 Å². The van der Waals surface area contributed by atoms with Crippen molar-refractivity contribution in [2.45, 2.75) is 38.7 Å². The topological polar surface area (TPSA) is 115 Å². The summed E-state index contributed by atoms with van der Waals surface area (Å²) >= 11 is 7.23. The lowest BCUT2D eigenvalue weighted by atomic mass is 9.67. The second-order valence-corrected chi connectivity index (χ2v) is 19.4. The van der Waals surface area contributed by atoms with Crippen LogP contribution in [0.25, 0.3) is 22.3 Å².